The number of nitrogens with one attached hydrogen (secondary N) is 2. The SMILES string of the molecule is CN(C)C(C)(C)CNC(=O)c1cccc2c1NCCC2. The van der Waals surface area contributed by atoms with E-state index in [1.165, 1.54) is 5.56 Å². The van der Waals surface area contributed by atoms with Crippen LogP contribution in [0.2, 0.25) is 0 Å². The van der Waals surface area contributed by atoms with Gasteiger partial charge in [0, 0.05) is 18.6 Å². The van der Waals surface area contributed by atoms with Gasteiger partial charge in [0.05, 0.1) is 11.3 Å². The Hall–Kier alpha value is -1.55. The molecule has 0 atom stereocenters. The van der Waals surface area contributed by atoms with E-state index in [1.54, 1.807) is 0 Å². The summed E-state index contributed by atoms with van der Waals surface area (Å²) in [5, 5.41) is 6.41. The van der Waals surface area contributed by atoms with Gasteiger partial charge in [-0.1, -0.05) is 12.1 Å². The minimum atomic E-state index is -0.0576. The third-order valence-electron chi connectivity index (χ3n) is 4.21. The first-order valence-corrected chi connectivity index (χ1v) is 7.23. The van der Waals surface area contributed by atoms with E-state index in [1.807, 2.05) is 26.2 Å². The summed E-state index contributed by atoms with van der Waals surface area (Å²) >= 11 is 0. The Labute approximate surface area is 121 Å². The Morgan fingerprint density at radius 3 is 2.85 bits per heavy atom. The fourth-order valence-corrected chi connectivity index (χ4v) is 2.25. The van der Waals surface area contributed by atoms with E-state index in [0.29, 0.717) is 6.54 Å². The quantitative estimate of drug-likeness (QED) is 0.884. The van der Waals surface area contributed by atoms with Crippen LogP contribution in [0.3, 0.4) is 0 Å². The second kappa shape index (κ2) is 5.83. The number of aryl methyl sites for hydroxylation is 1. The molecule has 1 amide bonds. The Morgan fingerprint density at radius 1 is 1.40 bits per heavy atom. The highest BCUT2D eigenvalue weighted by atomic mass is 16.1. The van der Waals surface area contributed by atoms with Crippen molar-refractivity contribution < 1.29 is 4.79 Å². The standard InChI is InChI=1S/C16H25N3O/c1-16(2,19(3)4)11-18-15(20)13-9-5-7-12-8-6-10-17-14(12)13/h5,7,9,17H,6,8,10-11H2,1-4H3,(H,18,20). The molecule has 1 aliphatic heterocycles. The molecule has 1 aromatic carbocycles. The number of rotatable bonds is 4. The molecule has 2 rings (SSSR count). The molecule has 0 aromatic heterocycles. The molecule has 0 aliphatic carbocycles. The molecule has 0 spiro atoms. The van der Waals surface area contributed by atoms with E-state index in [0.717, 1.165) is 30.6 Å². The lowest BCUT2D eigenvalue weighted by Crippen LogP contribution is -2.48. The number of anilines is 1. The Kier molecular flexibility index (Phi) is 4.33. The zero-order chi connectivity index (χ0) is 14.8. The summed E-state index contributed by atoms with van der Waals surface area (Å²) in [6.45, 7) is 5.81. The summed E-state index contributed by atoms with van der Waals surface area (Å²) in [4.78, 5) is 14.5. The molecular formula is C16H25N3O. The first-order chi connectivity index (χ1) is 9.42. The van der Waals surface area contributed by atoms with E-state index < -0.39 is 0 Å². The molecule has 1 aliphatic rings. The highest BCUT2D eigenvalue weighted by Crippen LogP contribution is 2.26. The van der Waals surface area contributed by atoms with Crippen LogP contribution in [0.1, 0.15) is 36.2 Å². The average Bonchev–Trinajstić information content (AvgIpc) is 2.44. The highest BCUT2D eigenvalue weighted by molar-refractivity contribution is 6.00. The van der Waals surface area contributed by atoms with Crippen molar-refractivity contribution in [2.45, 2.75) is 32.2 Å². The summed E-state index contributed by atoms with van der Waals surface area (Å²) < 4.78 is 0. The second-order valence-electron chi connectivity index (χ2n) is 6.26. The van der Waals surface area contributed by atoms with Gasteiger partial charge in [-0.15, -0.1) is 0 Å². The van der Waals surface area contributed by atoms with Gasteiger partial charge < -0.3 is 15.5 Å². The van der Waals surface area contributed by atoms with Crippen molar-refractivity contribution in [1.29, 1.82) is 0 Å². The zero-order valence-corrected chi connectivity index (χ0v) is 12.9. The smallest absolute Gasteiger partial charge is 0.253 e. The first-order valence-electron chi connectivity index (χ1n) is 7.23. The van der Waals surface area contributed by atoms with Crippen LogP contribution in [0, 0.1) is 0 Å². The lowest BCUT2D eigenvalue weighted by molar-refractivity contribution is 0.0920. The summed E-state index contributed by atoms with van der Waals surface area (Å²) in [5.41, 5.74) is 2.96. The van der Waals surface area contributed by atoms with Crippen molar-refractivity contribution in [2.24, 2.45) is 0 Å². The molecule has 1 heterocycles. The minimum Gasteiger partial charge on any atom is -0.384 e. The molecular weight excluding hydrogens is 250 g/mol. The molecule has 1 aromatic rings. The highest BCUT2D eigenvalue weighted by Gasteiger charge is 2.23. The number of para-hydroxylation sites is 1. The number of fused-ring (bicyclic) bond motifs is 1. The molecule has 0 radical (unpaired) electrons. The van der Waals surface area contributed by atoms with Crippen LogP contribution in [-0.2, 0) is 6.42 Å². The molecule has 0 saturated heterocycles. The molecule has 0 unspecified atom stereocenters. The number of hydrogen-bond acceptors (Lipinski definition) is 3. The summed E-state index contributed by atoms with van der Waals surface area (Å²) in [6, 6.07) is 5.97. The molecule has 4 heteroatoms. The molecule has 0 saturated carbocycles. The van der Waals surface area contributed by atoms with Crippen molar-refractivity contribution in [3.05, 3.63) is 29.3 Å². The fourth-order valence-electron chi connectivity index (χ4n) is 2.25. The number of amides is 1. The maximum atomic E-state index is 12.4. The van der Waals surface area contributed by atoms with Crippen LogP contribution >= 0.6 is 0 Å². The largest absolute Gasteiger partial charge is 0.384 e. The lowest BCUT2D eigenvalue weighted by atomic mass is 9.98. The van der Waals surface area contributed by atoms with Crippen LogP contribution in [0.4, 0.5) is 5.69 Å². The molecule has 4 nitrogen and oxygen atoms in total. The average molecular weight is 275 g/mol. The maximum Gasteiger partial charge on any atom is 0.253 e. The van der Waals surface area contributed by atoms with E-state index in [2.05, 4.69) is 35.4 Å². The third kappa shape index (κ3) is 3.12. The van der Waals surface area contributed by atoms with Gasteiger partial charge in [0.2, 0.25) is 0 Å². The normalized spacial score (nSPS) is 14.7. The number of carbonyl (C=O) groups excluding carboxylic acids is 1. The second-order valence-corrected chi connectivity index (χ2v) is 6.26. The number of nitrogens with zero attached hydrogens (tertiary/aromatic N) is 1. The van der Waals surface area contributed by atoms with Gasteiger partial charge >= 0.3 is 0 Å². The fraction of sp³-hybridized carbons (Fsp3) is 0.562. The molecule has 0 bridgehead atoms. The van der Waals surface area contributed by atoms with Crippen LogP contribution < -0.4 is 10.6 Å². The van der Waals surface area contributed by atoms with Crippen LogP contribution in [0.25, 0.3) is 0 Å². The predicted octanol–water partition coefficient (Wildman–Crippen LogP) is 2.11. The minimum absolute atomic E-state index is 0.00572. The predicted molar refractivity (Wildman–Crippen MR) is 83.4 cm³/mol. The van der Waals surface area contributed by atoms with Crippen molar-refractivity contribution in [3.63, 3.8) is 0 Å². The van der Waals surface area contributed by atoms with E-state index in [4.69, 9.17) is 0 Å². The van der Waals surface area contributed by atoms with Crippen molar-refractivity contribution in [1.82, 2.24) is 10.2 Å². The van der Waals surface area contributed by atoms with Gasteiger partial charge in [-0.05, 0) is 52.4 Å². The van der Waals surface area contributed by atoms with Gasteiger partial charge in [-0.3, -0.25) is 4.79 Å². The summed E-state index contributed by atoms with van der Waals surface area (Å²) in [7, 11) is 4.05. The lowest BCUT2D eigenvalue weighted by Gasteiger charge is -2.32. The molecule has 20 heavy (non-hydrogen) atoms. The molecule has 0 fully saturated rings. The van der Waals surface area contributed by atoms with Crippen LogP contribution in [0.5, 0.6) is 0 Å². The first kappa shape index (κ1) is 14.9. The van der Waals surface area contributed by atoms with Crippen LogP contribution in [0.15, 0.2) is 18.2 Å². The topological polar surface area (TPSA) is 44.4 Å². The summed E-state index contributed by atoms with van der Waals surface area (Å²) in [6.07, 6.45) is 2.18. The van der Waals surface area contributed by atoms with E-state index in [9.17, 15) is 4.79 Å². The van der Waals surface area contributed by atoms with Gasteiger partial charge in [0.25, 0.3) is 5.91 Å². The Morgan fingerprint density at radius 2 is 2.15 bits per heavy atom. The molecule has 2 N–H and O–H groups in total. The number of benzene rings is 1. The van der Waals surface area contributed by atoms with Gasteiger partial charge in [0.15, 0.2) is 0 Å². The van der Waals surface area contributed by atoms with Crippen molar-refractivity contribution in [3.8, 4) is 0 Å². The van der Waals surface area contributed by atoms with Gasteiger partial charge in [-0.2, -0.15) is 0 Å². The maximum absolute atomic E-state index is 12.4. The Balaban J connectivity index is 2.10. The van der Waals surface area contributed by atoms with Gasteiger partial charge in [0.1, 0.15) is 0 Å². The number of hydrogen-bond donors (Lipinski definition) is 2. The number of likely N-dealkylation sites (N-methyl/N-ethyl adjacent to an activating group) is 1. The van der Waals surface area contributed by atoms with E-state index >= 15 is 0 Å². The van der Waals surface area contributed by atoms with Crippen LogP contribution in [-0.4, -0.2) is 43.5 Å². The van der Waals surface area contributed by atoms with Crippen molar-refractivity contribution >= 4 is 11.6 Å². The molecule has 110 valence electrons. The summed E-state index contributed by atoms with van der Waals surface area (Å²) in [5.74, 6) is 0.00572. The number of carbonyl (C=O) groups is 1. The monoisotopic (exact) mass is 275 g/mol. The van der Waals surface area contributed by atoms with Gasteiger partial charge in [-0.25, -0.2) is 0 Å². The Bertz CT molecular complexity index is 494. The third-order valence-corrected chi connectivity index (χ3v) is 4.21. The zero-order valence-electron chi connectivity index (χ0n) is 12.9. The van der Waals surface area contributed by atoms with Crippen molar-refractivity contribution in [2.75, 3.05) is 32.5 Å². The van der Waals surface area contributed by atoms with E-state index in [-0.39, 0.29) is 11.4 Å².